The van der Waals surface area contributed by atoms with Crippen molar-refractivity contribution in [1.82, 2.24) is 35.3 Å². The fraction of sp³-hybridized carbons (Fsp3) is 0.179. The van der Waals surface area contributed by atoms with E-state index in [0.717, 1.165) is 67.7 Å². The molecule has 0 radical (unpaired) electrons. The molecule has 6 rings (SSSR count). The minimum absolute atomic E-state index is 0.334. The van der Waals surface area contributed by atoms with Crippen LogP contribution in [0.25, 0.3) is 55.6 Å². The lowest BCUT2D eigenvalue weighted by atomic mass is 9.99. The molecule has 0 unspecified atom stereocenters. The van der Waals surface area contributed by atoms with E-state index in [1.54, 1.807) is 18.5 Å². The van der Waals surface area contributed by atoms with Crippen molar-refractivity contribution in [1.29, 1.82) is 0 Å². The lowest BCUT2D eigenvalue weighted by Gasteiger charge is -2.13. The molecular formula is C28H26FN7O. The Hall–Kier alpha value is -4.50. The predicted octanol–water partition coefficient (Wildman–Crippen LogP) is 5.55. The number of benzene rings is 2. The van der Waals surface area contributed by atoms with Crippen LogP contribution in [0.3, 0.4) is 0 Å². The third-order valence-electron chi connectivity index (χ3n) is 6.49. The standard InChI is InChI=1S/C28H26FN7O/c1-16-4-5-21(17-8-19(29)10-20(9-17)37-7-6-36(2)3)22-11-25(33-27(16)22)28-23-12-24(18-13-31-32-14-18)30-15-26(23)34-35-28/h4-5,8-15,33H,6-7H2,1-3H3,(H,31,32)(H,34,35). The van der Waals surface area contributed by atoms with Crippen molar-refractivity contribution in [3.8, 4) is 39.5 Å². The molecule has 0 aliphatic heterocycles. The van der Waals surface area contributed by atoms with Gasteiger partial charge in [0.25, 0.3) is 0 Å². The number of H-pyrrole nitrogens is 3. The van der Waals surface area contributed by atoms with E-state index in [1.807, 2.05) is 49.5 Å². The molecule has 0 spiro atoms. The van der Waals surface area contributed by atoms with Crippen molar-refractivity contribution in [2.45, 2.75) is 6.92 Å². The summed E-state index contributed by atoms with van der Waals surface area (Å²) >= 11 is 0. The summed E-state index contributed by atoms with van der Waals surface area (Å²) in [4.78, 5) is 10.1. The molecule has 4 aromatic heterocycles. The highest BCUT2D eigenvalue weighted by atomic mass is 19.1. The molecule has 186 valence electrons. The fourth-order valence-corrected chi connectivity index (χ4v) is 4.56. The molecule has 0 saturated carbocycles. The quantitative estimate of drug-likeness (QED) is 0.270. The Morgan fingerprint density at radius 3 is 2.70 bits per heavy atom. The molecule has 0 atom stereocenters. The van der Waals surface area contributed by atoms with Crippen molar-refractivity contribution in [3.63, 3.8) is 0 Å². The maximum absolute atomic E-state index is 14.6. The van der Waals surface area contributed by atoms with Crippen molar-refractivity contribution in [2.24, 2.45) is 0 Å². The molecule has 0 aliphatic carbocycles. The first-order chi connectivity index (χ1) is 18.0. The summed E-state index contributed by atoms with van der Waals surface area (Å²) in [5.74, 6) is 0.179. The summed E-state index contributed by atoms with van der Waals surface area (Å²) in [6.07, 6.45) is 5.33. The molecule has 9 heteroatoms. The molecule has 0 fully saturated rings. The molecule has 0 amide bonds. The number of nitrogens with zero attached hydrogens (tertiary/aromatic N) is 4. The third kappa shape index (κ3) is 4.34. The summed E-state index contributed by atoms with van der Waals surface area (Å²) in [6, 6.07) is 13.0. The van der Waals surface area contributed by atoms with Crippen LogP contribution in [0, 0.1) is 12.7 Å². The van der Waals surface area contributed by atoms with E-state index in [1.165, 1.54) is 6.07 Å². The van der Waals surface area contributed by atoms with Crippen LogP contribution in [0.1, 0.15) is 5.56 Å². The molecule has 2 aromatic carbocycles. The number of hydrogen-bond donors (Lipinski definition) is 3. The molecule has 6 aromatic rings. The number of ether oxygens (including phenoxy) is 1. The second kappa shape index (κ2) is 9.18. The number of aryl methyl sites for hydroxylation is 1. The van der Waals surface area contributed by atoms with Gasteiger partial charge in [0.15, 0.2) is 0 Å². The lowest BCUT2D eigenvalue weighted by Crippen LogP contribution is -2.19. The van der Waals surface area contributed by atoms with Crippen molar-refractivity contribution < 1.29 is 9.13 Å². The van der Waals surface area contributed by atoms with Crippen molar-refractivity contribution in [2.75, 3.05) is 27.2 Å². The van der Waals surface area contributed by atoms with E-state index in [-0.39, 0.29) is 5.82 Å². The highest BCUT2D eigenvalue weighted by Crippen LogP contribution is 2.37. The Bertz CT molecular complexity index is 1720. The number of nitrogens with one attached hydrogen (secondary N) is 3. The highest BCUT2D eigenvalue weighted by molar-refractivity contribution is 6.02. The van der Waals surface area contributed by atoms with E-state index in [0.29, 0.717) is 12.4 Å². The second-order valence-electron chi connectivity index (χ2n) is 9.40. The highest BCUT2D eigenvalue weighted by Gasteiger charge is 2.17. The molecule has 0 saturated heterocycles. The first-order valence-corrected chi connectivity index (χ1v) is 12.0. The Kier molecular flexibility index (Phi) is 5.69. The van der Waals surface area contributed by atoms with Gasteiger partial charge in [-0.05, 0) is 62.0 Å². The van der Waals surface area contributed by atoms with E-state index in [4.69, 9.17) is 4.74 Å². The summed E-state index contributed by atoms with van der Waals surface area (Å²) in [5.41, 5.74) is 7.93. The predicted molar refractivity (Wildman–Crippen MR) is 143 cm³/mol. The molecular weight excluding hydrogens is 469 g/mol. The van der Waals surface area contributed by atoms with Gasteiger partial charge in [-0.3, -0.25) is 15.2 Å². The van der Waals surface area contributed by atoms with Crippen LogP contribution in [0.15, 0.2) is 61.1 Å². The van der Waals surface area contributed by atoms with Gasteiger partial charge in [-0.1, -0.05) is 12.1 Å². The van der Waals surface area contributed by atoms with Gasteiger partial charge in [-0.2, -0.15) is 10.2 Å². The van der Waals surface area contributed by atoms with Crippen molar-refractivity contribution >= 4 is 21.8 Å². The van der Waals surface area contributed by atoms with Crippen LogP contribution in [0.2, 0.25) is 0 Å². The summed E-state index contributed by atoms with van der Waals surface area (Å²) in [7, 11) is 3.95. The molecule has 37 heavy (non-hydrogen) atoms. The zero-order valence-corrected chi connectivity index (χ0v) is 20.8. The van der Waals surface area contributed by atoms with Gasteiger partial charge in [0.1, 0.15) is 23.9 Å². The Morgan fingerprint density at radius 1 is 1.00 bits per heavy atom. The Balaban J connectivity index is 1.44. The van der Waals surface area contributed by atoms with Gasteiger partial charge >= 0.3 is 0 Å². The van der Waals surface area contributed by atoms with E-state index in [2.05, 4.69) is 43.4 Å². The van der Waals surface area contributed by atoms with Crippen molar-refractivity contribution in [3.05, 3.63) is 72.4 Å². The van der Waals surface area contributed by atoms with Gasteiger partial charge < -0.3 is 14.6 Å². The SMILES string of the molecule is Cc1ccc(-c2cc(F)cc(OCCN(C)C)c2)c2cc(-c3n[nH]c4cnc(-c5cn[nH]c5)cc34)[nH]c12. The number of pyridine rings is 1. The summed E-state index contributed by atoms with van der Waals surface area (Å²) < 4.78 is 20.4. The second-order valence-corrected chi connectivity index (χ2v) is 9.40. The summed E-state index contributed by atoms with van der Waals surface area (Å²) in [6.45, 7) is 3.28. The van der Waals surface area contributed by atoms with Crippen LogP contribution in [0.5, 0.6) is 5.75 Å². The number of likely N-dealkylation sites (N-methyl/N-ethyl adjacent to an activating group) is 1. The molecule has 0 bridgehead atoms. The largest absolute Gasteiger partial charge is 0.492 e. The maximum Gasteiger partial charge on any atom is 0.127 e. The van der Waals surface area contributed by atoms with E-state index in [9.17, 15) is 4.39 Å². The molecule has 3 N–H and O–H groups in total. The Morgan fingerprint density at radius 2 is 1.89 bits per heavy atom. The smallest absolute Gasteiger partial charge is 0.127 e. The average molecular weight is 496 g/mol. The van der Waals surface area contributed by atoms with Gasteiger partial charge in [0.2, 0.25) is 0 Å². The number of fused-ring (bicyclic) bond motifs is 2. The first kappa shape index (κ1) is 22.9. The van der Waals surface area contributed by atoms with Crippen LogP contribution >= 0.6 is 0 Å². The number of hydrogen-bond acceptors (Lipinski definition) is 5. The molecule has 8 nitrogen and oxygen atoms in total. The average Bonchev–Trinajstić information content (AvgIpc) is 3.62. The van der Waals surface area contributed by atoms with Gasteiger partial charge in [-0.15, -0.1) is 0 Å². The zero-order chi connectivity index (χ0) is 25.5. The van der Waals surface area contributed by atoms with E-state index < -0.39 is 0 Å². The normalized spacial score (nSPS) is 11.7. The first-order valence-electron chi connectivity index (χ1n) is 12.0. The minimum atomic E-state index is -0.334. The number of aromatic amines is 3. The van der Waals surface area contributed by atoms with Gasteiger partial charge in [0, 0.05) is 40.7 Å². The zero-order valence-electron chi connectivity index (χ0n) is 20.8. The van der Waals surface area contributed by atoms with Gasteiger partial charge in [0.05, 0.1) is 29.3 Å². The van der Waals surface area contributed by atoms with Crippen LogP contribution in [-0.2, 0) is 0 Å². The van der Waals surface area contributed by atoms with Crippen LogP contribution in [-0.4, -0.2) is 62.5 Å². The molecule has 0 aliphatic rings. The topological polar surface area (TPSA) is 98.5 Å². The minimum Gasteiger partial charge on any atom is -0.492 e. The fourth-order valence-electron chi connectivity index (χ4n) is 4.56. The van der Waals surface area contributed by atoms with Crippen LogP contribution in [0.4, 0.5) is 4.39 Å². The number of halogens is 1. The number of rotatable bonds is 7. The van der Waals surface area contributed by atoms with Crippen LogP contribution < -0.4 is 4.74 Å². The molecule has 4 heterocycles. The Labute approximate surface area is 212 Å². The summed E-state index contributed by atoms with van der Waals surface area (Å²) in [5, 5.41) is 16.5. The maximum atomic E-state index is 14.6. The number of aromatic nitrogens is 6. The lowest BCUT2D eigenvalue weighted by molar-refractivity contribution is 0.260. The monoisotopic (exact) mass is 495 g/mol. The third-order valence-corrected chi connectivity index (χ3v) is 6.49. The van der Waals surface area contributed by atoms with Gasteiger partial charge in [-0.25, -0.2) is 4.39 Å². The van der Waals surface area contributed by atoms with E-state index >= 15 is 0 Å².